The average Bonchev–Trinajstić information content (AvgIpc) is 3.62. The fraction of sp³-hybridized carbons (Fsp3) is 0.250. The fourth-order valence-electron chi connectivity index (χ4n) is 4.58. The van der Waals surface area contributed by atoms with E-state index in [9.17, 15) is 14.7 Å². The van der Waals surface area contributed by atoms with E-state index in [0.717, 1.165) is 16.7 Å². The molecule has 38 heavy (non-hydrogen) atoms. The molecule has 0 fully saturated rings. The molecule has 0 bridgehead atoms. The number of rotatable bonds is 8. The molecule has 0 saturated heterocycles. The number of ether oxygens (including phenoxy) is 3. The second kappa shape index (κ2) is 9.86. The molecule has 1 unspecified atom stereocenters. The molecule has 2 aromatic heterocycles. The van der Waals surface area contributed by atoms with Crippen LogP contribution in [0.3, 0.4) is 0 Å². The van der Waals surface area contributed by atoms with Gasteiger partial charge in [0.25, 0.3) is 5.91 Å². The molecule has 1 aliphatic heterocycles. The maximum atomic E-state index is 13.7. The van der Waals surface area contributed by atoms with Crippen molar-refractivity contribution < 1.29 is 33.3 Å². The molecule has 4 aromatic rings. The topological polar surface area (TPSA) is 111 Å². The predicted octanol–water partition coefficient (Wildman–Crippen LogP) is 5.57. The van der Waals surface area contributed by atoms with Gasteiger partial charge >= 0.3 is 0 Å². The van der Waals surface area contributed by atoms with E-state index >= 15 is 0 Å². The van der Waals surface area contributed by atoms with Gasteiger partial charge in [-0.2, -0.15) is 0 Å². The number of benzene rings is 2. The van der Waals surface area contributed by atoms with Gasteiger partial charge in [0.05, 0.1) is 43.2 Å². The molecule has 0 spiro atoms. The zero-order chi connectivity index (χ0) is 27.1. The molecule has 1 N–H and O–H groups in total. The van der Waals surface area contributed by atoms with Gasteiger partial charge in [0.15, 0.2) is 28.1 Å². The zero-order valence-corrected chi connectivity index (χ0v) is 22.3. The number of fused-ring (bicyclic) bond motifs is 1. The number of Topliss-reactive ketones (excluding diaryl/α,β-unsaturated/α-hetero) is 1. The summed E-state index contributed by atoms with van der Waals surface area (Å²) in [5.74, 6) is -0.480. The summed E-state index contributed by atoms with van der Waals surface area (Å²) in [7, 11) is 4.43. The number of aliphatic hydroxyl groups excluding tert-OH is 1. The number of ketones is 1. The lowest BCUT2D eigenvalue weighted by Crippen LogP contribution is -2.31. The van der Waals surface area contributed by atoms with Crippen LogP contribution in [-0.2, 0) is 11.2 Å². The second-order valence-electron chi connectivity index (χ2n) is 8.69. The highest BCUT2D eigenvalue weighted by Gasteiger charge is 2.47. The summed E-state index contributed by atoms with van der Waals surface area (Å²) in [6.45, 7) is 3.77. The van der Waals surface area contributed by atoms with E-state index in [1.807, 2.05) is 18.2 Å². The minimum Gasteiger partial charge on any atom is -0.503 e. The summed E-state index contributed by atoms with van der Waals surface area (Å²) in [5, 5.41) is 11.4. The van der Waals surface area contributed by atoms with E-state index in [1.165, 1.54) is 43.6 Å². The number of carbonyl (C=O) groups excluding carboxylic acids is 2. The highest BCUT2D eigenvalue weighted by atomic mass is 32.1. The normalized spacial score (nSPS) is 15.4. The first-order valence-electron chi connectivity index (χ1n) is 11.9. The van der Waals surface area contributed by atoms with Gasteiger partial charge in [-0.15, -0.1) is 0 Å². The number of hydrogen-bond acceptors (Lipinski definition) is 9. The van der Waals surface area contributed by atoms with E-state index in [-0.39, 0.29) is 11.3 Å². The quantitative estimate of drug-likeness (QED) is 0.292. The molecule has 1 atom stereocenters. The molecule has 5 rings (SSSR count). The van der Waals surface area contributed by atoms with Gasteiger partial charge in [0.2, 0.25) is 11.5 Å². The molecular weight excluding hydrogens is 508 g/mol. The van der Waals surface area contributed by atoms with E-state index in [4.69, 9.17) is 18.6 Å². The van der Waals surface area contributed by atoms with Crippen molar-refractivity contribution in [2.75, 3.05) is 26.2 Å². The van der Waals surface area contributed by atoms with Crippen LogP contribution >= 0.6 is 11.3 Å². The molecule has 3 heterocycles. The van der Waals surface area contributed by atoms with Gasteiger partial charge in [-0.1, -0.05) is 24.3 Å². The molecule has 0 aliphatic carbocycles. The van der Waals surface area contributed by atoms with E-state index < -0.39 is 23.5 Å². The van der Waals surface area contributed by atoms with Crippen LogP contribution in [0.25, 0.3) is 10.2 Å². The zero-order valence-electron chi connectivity index (χ0n) is 21.5. The van der Waals surface area contributed by atoms with Crippen molar-refractivity contribution in [3.8, 4) is 17.2 Å². The van der Waals surface area contributed by atoms with Crippen molar-refractivity contribution in [3.05, 3.63) is 76.4 Å². The Morgan fingerprint density at radius 2 is 1.79 bits per heavy atom. The van der Waals surface area contributed by atoms with Gasteiger partial charge in [-0.3, -0.25) is 14.5 Å². The first kappa shape index (κ1) is 25.3. The Bertz CT molecular complexity index is 1570. The number of furan rings is 1. The third-order valence-corrected chi connectivity index (χ3v) is 7.49. The average molecular weight is 535 g/mol. The van der Waals surface area contributed by atoms with Gasteiger partial charge < -0.3 is 23.7 Å². The highest BCUT2D eigenvalue weighted by Crippen LogP contribution is 2.48. The predicted molar refractivity (Wildman–Crippen MR) is 143 cm³/mol. The Balaban J connectivity index is 1.73. The molecule has 196 valence electrons. The molecule has 2 aromatic carbocycles. The fourth-order valence-corrected chi connectivity index (χ4v) is 5.63. The Labute approximate surface area is 222 Å². The van der Waals surface area contributed by atoms with Crippen molar-refractivity contribution in [2.45, 2.75) is 26.3 Å². The first-order valence-corrected chi connectivity index (χ1v) is 12.7. The van der Waals surface area contributed by atoms with Gasteiger partial charge in [0, 0.05) is 0 Å². The number of methoxy groups -OCH3 is 3. The van der Waals surface area contributed by atoms with Crippen LogP contribution in [-0.4, -0.2) is 43.1 Å². The second-order valence-corrected chi connectivity index (χ2v) is 9.70. The number of amides is 1. The van der Waals surface area contributed by atoms with Crippen LogP contribution < -0.4 is 19.1 Å². The van der Waals surface area contributed by atoms with Crippen molar-refractivity contribution in [1.29, 1.82) is 0 Å². The Kier molecular flexibility index (Phi) is 6.58. The van der Waals surface area contributed by atoms with E-state index in [2.05, 4.69) is 11.9 Å². The molecule has 1 aliphatic rings. The lowest BCUT2D eigenvalue weighted by Gasteiger charge is -2.25. The number of carbonyl (C=O) groups is 2. The summed E-state index contributed by atoms with van der Waals surface area (Å²) in [6, 6.07) is 11.3. The summed E-state index contributed by atoms with van der Waals surface area (Å²) >= 11 is 1.30. The Hall–Kier alpha value is -4.31. The van der Waals surface area contributed by atoms with Crippen LogP contribution in [0, 0.1) is 6.92 Å². The number of aryl methyl sites for hydroxylation is 2. The molecule has 9 nitrogen and oxygen atoms in total. The van der Waals surface area contributed by atoms with Gasteiger partial charge in [-0.05, 0) is 60.9 Å². The van der Waals surface area contributed by atoms with Crippen molar-refractivity contribution in [1.82, 2.24) is 4.98 Å². The summed E-state index contributed by atoms with van der Waals surface area (Å²) in [4.78, 5) is 33.3. The summed E-state index contributed by atoms with van der Waals surface area (Å²) in [5.41, 5.74) is 2.16. The standard InChI is InChI=1S/C28H26N2O7S/c1-6-15-8-9-17-21(11-15)38-28(29-17)30-23(16-12-19(34-3)26(36-5)20(13-16)35-4)22(25(32)27(30)33)24(31)18-10-7-14(2)37-18/h7-13,23,32H,6H2,1-5H3. The van der Waals surface area contributed by atoms with Gasteiger partial charge in [0.1, 0.15) is 5.76 Å². The Morgan fingerprint density at radius 3 is 2.37 bits per heavy atom. The van der Waals surface area contributed by atoms with Crippen molar-refractivity contribution >= 4 is 38.4 Å². The number of aromatic nitrogens is 1. The highest BCUT2D eigenvalue weighted by molar-refractivity contribution is 7.22. The SMILES string of the molecule is CCc1ccc2nc(N3C(=O)C(O)=C(C(=O)c4ccc(C)o4)C3c3cc(OC)c(OC)c(OC)c3)sc2c1. The van der Waals surface area contributed by atoms with Crippen molar-refractivity contribution in [3.63, 3.8) is 0 Å². The maximum absolute atomic E-state index is 13.7. The number of hydrogen-bond donors (Lipinski definition) is 1. The number of aliphatic hydroxyl groups is 1. The maximum Gasteiger partial charge on any atom is 0.296 e. The van der Waals surface area contributed by atoms with E-state index in [1.54, 1.807) is 25.1 Å². The van der Waals surface area contributed by atoms with Crippen LogP contribution in [0.2, 0.25) is 0 Å². The minimum atomic E-state index is -1.04. The van der Waals surface area contributed by atoms with Crippen LogP contribution in [0.4, 0.5) is 5.13 Å². The number of nitrogens with zero attached hydrogens (tertiary/aromatic N) is 2. The third-order valence-electron chi connectivity index (χ3n) is 6.48. The smallest absolute Gasteiger partial charge is 0.296 e. The lowest BCUT2D eigenvalue weighted by atomic mass is 9.94. The monoisotopic (exact) mass is 534 g/mol. The summed E-state index contributed by atoms with van der Waals surface area (Å²) in [6.07, 6.45) is 0.851. The molecule has 1 amide bonds. The molecular formula is C28H26N2O7S. The number of thiazole rings is 1. The molecule has 0 radical (unpaired) electrons. The number of anilines is 1. The third kappa shape index (κ3) is 4.06. The van der Waals surface area contributed by atoms with Gasteiger partial charge in [-0.25, -0.2) is 4.98 Å². The lowest BCUT2D eigenvalue weighted by molar-refractivity contribution is -0.117. The van der Waals surface area contributed by atoms with Crippen LogP contribution in [0.5, 0.6) is 17.2 Å². The van der Waals surface area contributed by atoms with E-state index in [0.29, 0.717) is 39.2 Å². The van der Waals surface area contributed by atoms with Crippen LogP contribution in [0.1, 0.15) is 40.4 Å². The van der Waals surface area contributed by atoms with Crippen molar-refractivity contribution in [2.24, 2.45) is 0 Å². The minimum absolute atomic E-state index is 0.00743. The largest absolute Gasteiger partial charge is 0.503 e. The first-order chi connectivity index (χ1) is 18.3. The summed E-state index contributed by atoms with van der Waals surface area (Å²) < 4.78 is 23.0. The Morgan fingerprint density at radius 1 is 1.08 bits per heavy atom. The molecule has 10 heteroatoms. The molecule has 0 saturated carbocycles. The van der Waals surface area contributed by atoms with Crippen LogP contribution in [0.15, 0.2) is 58.2 Å².